The first-order valence-corrected chi connectivity index (χ1v) is 10.3. The highest BCUT2D eigenvalue weighted by Gasteiger charge is 2.31. The van der Waals surface area contributed by atoms with E-state index in [-0.39, 0.29) is 36.0 Å². The Morgan fingerprint density at radius 2 is 0.933 bits per heavy atom. The second-order valence-corrected chi connectivity index (χ2v) is 7.86. The standard InChI is InChI=1S/C22H34N4O4/c1-13(2)17-21(29-7)23-15(19(25-17)27-5)11-9-10-12-16-20(28-6)26-18(14(3)4)22(24-16)30-8/h13-18H,11-12H2,1-8H3. The summed E-state index contributed by atoms with van der Waals surface area (Å²) in [5, 5.41) is 0. The minimum absolute atomic E-state index is 0.132. The lowest BCUT2D eigenvalue weighted by Crippen LogP contribution is -2.37. The Kier molecular flexibility index (Phi) is 8.70. The molecule has 0 saturated heterocycles. The van der Waals surface area contributed by atoms with Crippen LogP contribution in [0.25, 0.3) is 0 Å². The average Bonchev–Trinajstić information content (AvgIpc) is 2.75. The van der Waals surface area contributed by atoms with Crippen molar-refractivity contribution in [2.45, 2.75) is 64.7 Å². The minimum Gasteiger partial charge on any atom is -0.483 e. The first-order valence-electron chi connectivity index (χ1n) is 10.3. The van der Waals surface area contributed by atoms with Crippen LogP contribution in [-0.2, 0) is 18.9 Å². The van der Waals surface area contributed by atoms with Crippen LogP contribution in [0.4, 0.5) is 0 Å². The molecular weight excluding hydrogens is 384 g/mol. The largest absolute Gasteiger partial charge is 0.483 e. The van der Waals surface area contributed by atoms with Gasteiger partial charge in [-0.2, -0.15) is 0 Å². The predicted octanol–water partition coefficient (Wildman–Crippen LogP) is 2.76. The fourth-order valence-corrected chi connectivity index (χ4v) is 3.32. The zero-order valence-corrected chi connectivity index (χ0v) is 19.3. The number of hydrogen-bond donors (Lipinski definition) is 0. The van der Waals surface area contributed by atoms with E-state index in [2.05, 4.69) is 59.5 Å². The fourth-order valence-electron chi connectivity index (χ4n) is 3.32. The van der Waals surface area contributed by atoms with Gasteiger partial charge in [0.2, 0.25) is 23.6 Å². The molecule has 0 N–H and O–H groups in total. The third kappa shape index (κ3) is 5.53. The van der Waals surface area contributed by atoms with Crippen LogP contribution < -0.4 is 0 Å². The lowest BCUT2D eigenvalue weighted by molar-refractivity contribution is 0.333. The second kappa shape index (κ2) is 11.0. The monoisotopic (exact) mass is 418 g/mol. The predicted molar refractivity (Wildman–Crippen MR) is 120 cm³/mol. The summed E-state index contributed by atoms with van der Waals surface area (Å²) >= 11 is 0. The van der Waals surface area contributed by atoms with Crippen molar-refractivity contribution in [2.24, 2.45) is 31.8 Å². The van der Waals surface area contributed by atoms with Crippen LogP contribution in [0.2, 0.25) is 0 Å². The molecule has 4 unspecified atom stereocenters. The van der Waals surface area contributed by atoms with Crippen LogP contribution in [0.15, 0.2) is 20.0 Å². The number of hydrogen-bond acceptors (Lipinski definition) is 8. The Bertz CT molecular complexity index is 712. The van der Waals surface area contributed by atoms with Gasteiger partial charge in [-0.25, -0.2) is 20.0 Å². The van der Waals surface area contributed by atoms with E-state index in [9.17, 15) is 0 Å². The molecule has 0 aromatic heterocycles. The molecule has 2 heterocycles. The van der Waals surface area contributed by atoms with Crippen molar-refractivity contribution >= 4 is 23.6 Å². The molecule has 0 amide bonds. The Balaban J connectivity index is 2.10. The highest BCUT2D eigenvalue weighted by Crippen LogP contribution is 2.20. The van der Waals surface area contributed by atoms with Crippen LogP contribution in [0.5, 0.6) is 0 Å². The third-order valence-corrected chi connectivity index (χ3v) is 4.99. The van der Waals surface area contributed by atoms with Crippen molar-refractivity contribution in [2.75, 3.05) is 28.4 Å². The van der Waals surface area contributed by atoms with Gasteiger partial charge in [0.1, 0.15) is 24.2 Å². The maximum absolute atomic E-state index is 5.46. The molecule has 0 saturated carbocycles. The second-order valence-electron chi connectivity index (χ2n) is 7.86. The van der Waals surface area contributed by atoms with Gasteiger partial charge in [-0.1, -0.05) is 27.7 Å². The summed E-state index contributed by atoms with van der Waals surface area (Å²) in [6, 6.07) is -0.824. The minimum atomic E-state index is -0.280. The van der Waals surface area contributed by atoms with E-state index in [1.807, 2.05) is 0 Å². The molecule has 0 aromatic carbocycles. The zero-order chi connectivity index (χ0) is 22.3. The molecule has 8 nitrogen and oxygen atoms in total. The van der Waals surface area contributed by atoms with Gasteiger partial charge in [0.05, 0.1) is 28.4 Å². The van der Waals surface area contributed by atoms with E-state index >= 15 is 0 Å². The van der Waals surface area contributed by atoms with Gasteiger partial charge in [0, 0.05) is 12.8 Å². The Morgan fingerprint density at radius 1 is 0.600 bits per heavy atom. The summed E-state index contributed by atoms with van der Waals surface area (Å²) in [4.78, 5) is 18.7. The highest BCUT2D eigenvalue weighted by atomic mass is 16.5. The van der Waals surface area contributed by atoms with E-state index in [4.69, 9.17) is 18.9 Å². The molecule has 0 fully saturated rings. The molecule has 0 spiro atoms. The molecule has 166 valence electrons. The van der Waals surface area contributed by atoms with Crippen molar-refractivity contribution < 1.29 is 18.9 Å². The van der Waals surface area contributed by atoms with E-state index in [1.165, 1.54) is 0 Å². The molecule has 0 aromatic rings. The van der Waals surface area contributed by atoms with Crippen molar-refractivity contribution in [3.8, 4) is 11.8 Å². The summed E-state index contributed by atoms with van der Waals surface area (Å²) in [7, 11) is 6.46. The van der Waals surface area contributed by atoms with Crippen LogP contribution in [0, 0.1) is 23.7 Å². The third-order valence-electron chi connectivity index (χ3n) is 4.99. The first-order chi connectivity index (χ1) is 14.4. The highest BCUT2D eigenvalue weighted by molar-refractivity contribution is 5.95. The summed E-state index contributed by atoms with van der Waals surface area (Å²) < 4.78 is 21.8. The average molecular weight is 419 g/mol. The Hall–Kier alpha value is -2.56. The number of nitrogens with zero attached hydrogens (tertiary/aromatic N) is 4. The van der Waals surface area contributed by atoms with Gasteiger partial charge in [0.25, 0.3) is 0 Å². The number of methoxy groups -OCH3 is 4. The van der Waals surface area contributed by atoms with Gasteiger partial charge in [-0.05, 0) is 11.8 Å². The van der Waals surface area contributed by atoms with Crippen LogP contribution in [-0.4, -0.2) is 76.2 Å². The molecule has 2 aliphatic rings. The molecule has 2 aliphatic heterocycles. The lowest BCUT2D eigenvalue weighted by Gasteiger charge is -2.26. The summed E-state index contributed by atoms with van der Waals surface area (Å²) in [6.07, 6.45) is 0.956. The van der Waals surface area contributed by atoms with Crippen molar-refractivity contribution in [3.05, 3.63) is 0 Å². The molecule has 2 rings (SSSR count). The molecule has 0 aliphatic carbocycles. The SMILES string of the molecule is COC1=NC(C(C)C)C(OC)=NC1CC#CCC1N=C(OC)C(C(C)C)N=C1OC. The van der Waals surface area contributed by atoms with Crippen molar-refractivity contribution in [3.63, 3.8) is 0 Å². The van der Waals surface area contributed by atoms with Gasteiger partial charge in [-0.15, -0.1) is 11.8 Å². The number of ether oxygens (including phenoxy) is 4. The summed E-state index contributed by atoms with van der Waals surface area (Å²) in [6.45, 7) is 8.31. The molecule has 8 heteroatoms. The molecule has 30 heavy (non-hydrogen) atoms. The van der Waals surface area contributed by atoms with Crippen LogP contribution in [0.3, 0.4) is 0 Å². The van der Waals surface area contributed by atoms with E-state index < -0.39 is 0 Å². The molecule has 4 atom stereocenters. The van der Waals surface area contributed by atoms with Gasteiger partial charge in [0.15, 0.2) is 0 Å². The van der Waals surface area contributed by atoms with Crippen LogP contribution in [0.1, 0.15) is 40.5 Å². The Labute approximate surface area is 179 Å². The normalized spacial score (nSPS) is 26.1. The zero-order valence-electron chi connectivity index (χ0n) is 19.3. The van der Waals surface area contributed by atoms with Crippen molar-refractivity contribution in [1.29, 1.82) is 0 Å². The fraction of sp³-hybridized carbons (Fsp3) is 0.727. The lowest BCUT2D eigenvalue weighted by atomic mass is 10.0. The summed E-state index contributed by atoms with van der Waals surface area (Å²) in [5.41, 5.74) is 0. The number of rotatable bonds is 4. The summed E-state index contributed by atoms with van der Waals surface area (Å²) in [5.74, 6) is 9.28. The maximum Gasteiger partial charge on any atom is 0.210 e. The smallest absolute Gasteiger partial charge is 0.210 e. The quantitative estimate of drug-likeness (QED) is 0.657. The van der Waals surface area contributed by atoms with E-state index in [0.29, 0.717) is 36.4 Å². The molecular formula is C22H34N4O4. The van der Waals surface area contributed by atoms with Gasteiger partial charge in [-0.3, -0.25) is 0 Å². The van der Waals surface area contributed by atoms with Crippen LogP contribution >= 0.6 is 0 Å². The molecule has 0 bridgehead atoms. The Morgan fingerprint density at radius 3 is 1.20 bits per heavy atom. The number of aliphatic imine (C=N–C) groups is 4. The molecule has 0 radical (unpaired) electrons. The van der Waals surface area contributed by atoms with Crippen molar-refractivity contribution in [1.82, 2.24) is 0 Å². The van der Waals surface area contributed by atoms with E-state index in [0.717, 1.165) is 0 Å². The first kappa shape index (κ1) is 23.7. The topological polar surface area (TPSA) is 86.4 Å². The van der Waals surface area contributed by atoms with Gasteiger partial charge < -0.3 is 18.9 Å². The maximum atomic E-state index is 5.46. The van der Waals surface area contributed by atoms with Gasteiger partial charge >= 0.3 is 0 Å². The van der Waals surface area contributed by atoms with E-state index in [1.54, 1.807) is 28.4 Å².